The van der Waals surface area contributed by atoms with Crippen LogP contribution in [0.2, 0.25) is 0 Å². The molecule has 1 aliphatic heterocycles. The largest absolute Gasteiger partial charge is 0.465 e. The highest BCUT2D eigenvalue weighted by molar-refractivity contribution is 5.66. The van der Waals surface area contributed by atoms with Gasteiger partial charge in [0.2, 0.25) is 5.95 Å². The monoisotopic (exact) mass is 399 g/mol. The van der Waals surface area contributed by atoms with Gasteiger partial charge in [0, 0.05) is 37.1 Å². The van der Waals surface area contributed by atoms with Crippen molar-refractivity contribution in [2.24, 2.45) is 0 Å². The van der Waals surface area contributed by atoms with E-state index in [9.17, 15) is 23.1 Å². The van der Waals surface area contributed by atoms with Gasteiger partial charge in [-0.05, 0) is 20.3 Å². The first-order valence-electron chi connectivity index (χ1n) is 8.60. The third-order valence-corrected chi connectivity index (χ3v) is 4.55. The predicted molar refractivity (Wildman–Crippen MR) is 94.6 cm³/mol. The summed E-state index contributed by atoms with van der Waals surface area (Å²) in [5.74, 6) is 1.36. The van der Waals surface area contributed by atoms with Crippen molar-refractivity contribution >= 4 is 23.7 Å². The Hall–Kier alpha value is -3.05. The summed E-state index contributed by atoms with van der Waals surface area (Å²) >= 11 is 0. The van der Waals surface area contributed by atoms with Crippen LogP contribution in [0, 0.1) is 6.92 Å². The molecular weight excluding hydrogens is 379 g/mol. The second-order valence-electron chi connectivity index (χ2n) is 6.57. The number of rotatable bonds is 5. The molecule has 1 saturated heterocycles. The van der Waals surface area contributed by atoms with Crippen molar-refractivity contribution in [1.82, 2.24) is 25.1 Å². The van der Waals surface area contributed by atoms with E-state index < -0.39 is 24.4 Å². The molecule has 1 aliphatic rings. The van der Waals surface area contributed by atoms with E-state index in [0.29, 0.717) is 34.7 Å². The molecule has 3 N–H and O–H groups in total. The Morgan fingerprint density at radius 3 is 2.79 bits per heavy atom. The van der Waals surface area contributed by atoms with Crippen LogP contribution in [0.5, 0.6) is 0 Å². The molecule has 28 heavy (non-hydrogen) atoms. The number of hydrogen-bond acceptors (Lipinski definition) is 6. The van der Waals surface area contributed by atoms with E-state index in [1.54, 1.807) is 30.2 Å². The Morgan fingerprint density at radius 2 is 2.18 bits per heavy atom. The predicted octanol–water partition coefficient (Wildman–Crippen LogP) is 2.76. The molecule has 2 aromatic rings. The van der Waals surface area contributed by atoms with Crippen LogP contribution in [0.4, 0.5) is 35.5 Å². The van der Waals surface area contributed by atoms with Gasteiger partial charge in [0.05, 0.1) is 6.04 Å². The van der Waals surface area contributed by atoms with Crippen molar-refractivity contribution in [2.75, 3.05) is 23.3 Å². The number of alkyl halides is 3. The minimum atomic E-state index is -4.63. The molecule has 0 aliphatic carbocycles. The summed E-state index contributed by atoms with van der Waals surface area (Å²) in [5.41, 5.74) is 0.658. The van der Waals surface area contributed by atoms with E-state index >= 15 is 0 Å². The van der Waals surface area contributed by atoms with Crippen LogP contribution in [0.1, 0.15) is 19.0 Å². The molecule has 0 radical (unpaired) electrons. The van der Waals surface area contributed by atoms with Gasteiger partial charge in [-0.15, -0.1) is 0 Å². The lowest BCUT2D eigenvalue weighted by atomic mass is 10.1. The molecule has 0 saturated carbocycles. The quantitative estimate of drug-likeness (QED) is 0.709. The molecular formula is C16H20F3N7O2. The lowest BCUT2D eigenvalue weighted by Gasteiger charge is -2.33. The van der Waals surface area contributed by atoms with Gasteiger partial charge >= 0.3 is 12.3 Å². The highest BCUT2D eigenvalue weighted by Gasteiger charge is 2.46. The van der Waals surface area contributed by atoms with Gasteiger partial charge in [0.15, 0.2) is 5.82 Å². The number of nitrogens with zero attached hydrogens (tertiary/aromatic N) is 5. The number of hydrogen-bond donors (Lipinski definition) is 3. The number of H-pyrrole nitrogens is 1. The molecule has 1 fully saturated rings. The van der Waals surface area contributed by atoms with Crippen molar-refractivity contribution in [2.45, 2.75) is 38.5 Å². The number of halogens is 3. The molecule has 0 bridgehead atoms. The summed E-state index contributed by atoms with van der Waals surface area (Å²) in [5, 5.41) is 19.0. The smallest absolute Gasteiger partial charge is 0.408 e. The molecule has 12 heteroatoms. The van der Waals surface area contributed by atoms with Gasteiger partial charge in [0.1, 0.15) is 11.9 Å². The average molecular weight is 399 g/mol. The highest BCUT2D eigenvalue weighted by atomic mass is 19.4. The van der Waals surface area contributed by atoms with E-state index in [0.717, 1.165) is 6.92 Å². The molecule has 2 aromatic heterocycles. The zero-order valence-electron chi connectivity index (χ0n) is 15.2. The molecule has 0 aromatic carbocycles. The second-order valence-corrected chi connectivity index (χ2v) is 6.57. The van der Waals surface area contributed by atoms with Crippen LogP contribution < -0.4 is 10.2 Å². The summed E-state index contributed by atoms with van der Waals surface area (Å²) < 4.78 is 39.2. The van der Waals surface area contributed by atoms with E-state index in [-0.39, 0.29) is 13.0 Å². The van der Waals surface area contributed by atoms with Gasteiger partial charge in [0.25, 0.3) is 0 Å². The van der Waals surface area contributed by atoms with Crippen LogP contribution in [-0.4, -0.2) is 67.6 Å². The van der Waals surface area contributed by atoms with Gasteiger partial charge < -0.3 is 15.3 Å². The minimum Gasteiger partial charge on any atom is -0.465 e. The summed E-state index contributed by atoms with van der Waals surface area (Å²) in [4.78, 5) is 22.3. The Labute approximate surface area is 158 Å². The van der Waals surface area contributed by atoms with E-state index in [1.807, 2.05) is 0 Å². The first-order chi connectivity index (χ1) is 13.1. The van der Waals surface area contributed by atoms with Crippen LogP contribution in [0.15, 0.2) is 18.3 Å². The van der Waals surface area contributed by atoms with Crippen molar-refractivity contribution in [3.05, 3.63) is 24.0 Å². The molecule has 1 unspecified atom stereocenters. The number of amides is 1. The number of aryl methyl sites for hydroxylation is 1. The van der Waals surface area contributed by atoms with E-state index in [2.05, 4.69) is 25.5 Å². The van der Waals surface area contributed by atoms with Gasteiger partial charge in [-0.1, -0.05) is 0 Å². The van der Waals surface area contributed by atoms with Crippen molar-refractivity contribution in [1.29, 1.82) is 0 Å². The Kier molecular flexibility index (Phi) is 5.29. The average Bonchev–Trinajstić information content (AvgIpc) is 3.25. The fraction of sp³-hybridized carbons (Fsp3) is 0.500. The fourth-order valence-corrected chi connectivity index (χ4v) is 3.17. The topological polar surface area (TPSA) is 110 Å². The van der Waals surface area contributed by atoms with Crippen LogP contribution in [0.3, 0.4) is 0 Å². The summed E-state index contributed by atoms with van der Waals surface area (Å²) in [7, 11) is 0. The SMILES string of the molecule is Cc1cc(Nc2cc[nH]n2)nc(N2CC[C@H](N(C(=O)O)C(C)C(F)(F)F)C2)n1. The standard InChI is InChI=1S/C16H20F3N7O2/c1-9-7-13(22-12-3-5-20-24-12)23-14(21-9)25-6-4-11(8-25)26(15(27)28)10(2)16(17,18)19/h3,5,7,10-11H,4,6,8H2,1-2H3,(H,27,28)(H2,20,21,22,23,24)/t10?,11-/m0/s1. The lowest BCUT2D eigenvalue weighted by Crippen LogP contribution is -2.52. The number of carbonyl (C=O) groups is 1. The third-order valence-electron chi connectivity index (χ3n) is 4.55. The zero-order chi connectivity index (χ0) is 20.5. The Balaban J connectivity index is 1.77. The highest BCUT2D eigenvalue weighted by Crippen LogP contribution is 2.30. The van der Waals surface area contributed by atoms with E-state index in [4.69, 9.17) is 0 Å². The maximum atomic E-state index is 13.1. The molecule has 152 valence electrons. The third kappa shape index (κ3) is 4.26. The number of anilines is 3. The number of nitrogens with one attached hydrogen (secondary N) is 2. The molecule has 3 heterocycles. The molecule has 0 spiro atoms. The number of aromatic amines is 1. The zero-order valence-corrected chi connectivity index (χ0v) is 15.2. The summed E-state index contributed by atoms with van der Waals surface area (Å²) in [6.07, 6.45) is -4.33. The lowest BCUT2D eigenvalue weighted by molar-refractivity contribution is -0.177. The van der Waals surface area contributed by atoms with Crippen LogP contribution in [0.25, 0.3) is 0 Å². The van der Waals surface area contributed by atoms with Crippen molar-refractivity contribution in [3.8, 4) is 0 Å². The number of carboxylic acid groups (broad SMARTS) is 1. The second kappa shape index (κ2) is 7.52. The maximum absolute atomic E-state index is 13.1. The van der Waals surface area contributed by atoms with Gasteiger partial charge in [-0.2, -0.15) is 23.3 Å². The summed E-state index contributed by atoms with van der Waals surface area (Å²) in [6.45, 7) is 3.05. The first kappa shape index (κ1) is 19.7. The molecule has 3 rings (SSSR count). The van der Waals surface area contributed by atoms with Crippen LogP contribution in [-0.2, 0) is 0 Å². The summed E-state index contributed by atoms with van der Waals surface area (Å²) in [6, 6.07) is 0.527. The van der Waals surface area contributed by atoms with E-state index in [1.165, 1.54) is 0 Å². The molecule has 9 nitrogen and oxygen atoms in total. The van der Waals surface area contributed by atoms with Crippen LogP contribution >= 0.6 is 0 Å². The Morgan fingerprint density at radius 1 is 1.43 bits per heavy atom. The van der Waals surface area contributed by atoms with Crippen molar-refractivity contribution < 1.29 is 23.1 Å². The van der Waals surface area contributed by atoms with Crippen molar-refractivity contribution in [3.63, 3.8) is 0 Å². The minimum absolute atomic E-state index is 0.0814. The van der Waals surface area contributed by atoms with Gasteiger partial charge in [-0.25, -0.2) is 9.78 Å². The first-order valence-corrected chi connectivity index (χ1v) is 8.60. The van der Waals surface area contributed by atoms with Gasteiger partial charge in [-0.3, -0.25) is 10.00 Å². The Bertz CT molecular complexity index is 828. The molecule has 2 atom stereocenters. The fourth-order valence-electron chi connectivity index (χ4n) is 3.17. The maximum Gasteiger partial charge on any atom is 0.408 e. The normalized spacial score (nSPS) is 18.2. The number of aromatic nitrogens is 4. The molecule has 1 amide bonds.